The standard InChI is InChI=1S/C12H8INO2.C4HF9O3S/c13-12-4-2-1-3-11(12)9-5-7-10(8-6-9)14(15)16;5-1(6,3(9,10)11)2(7,8)4(12,13)17(14,15)16/h1-8H;(H,14,15,16). The quantitative estimate of drug-likeness (QED) is 0.141. The molecule has 0 aromatic heterocycles. The lowest BCUT2D eigenvalue weighted by Gasteiger charge is -2.31. The maximum Gasteiger partial charge on any atom is 0.460 e. The van der Waals surface area contributed by atoms with Crippen LogP contribution in [0.2, 0.25) is 0 Å². The first-order valence-electron chi connectivity index (χ1n) is 7.85. The Balaban J connectivity index is 0.000000330. The molecule has 2 aromatic carbocycles. The second-order valence-electron chi connectivity index (χ2n) is 5.92. The smallest absolute Gasteiger partial charge is 0.281 e. The van der Waals surface area contributed by atoms with E-state index in [1.54, 1.807) is 12.1 Å². The second-order valence-corrected chi connectivity index (χ2v) is 8.55. The SMILES string of the molecule is O=S(=O)(O)C(F)(F)C(F)(F)C(F)(F)C(F)(F)F.O=[N+]([O-])c1ccc(-c2ccccc2I)cc1. The molecule has 0 spiro atoms. The highest BCUT2D eigenvalue weighted by atomic mass is 127. The fourth-order valence-corrected chi connectivity index (χ4v) is 3.13. The van der Waals surface area contributed by atoms with Crippen LogP contribution in [0.4, 0.5) is 45.2 Å². The second kappa shape index (κ2) is 9.61. The lowest BCUT2D eigenvalue weighted by molar-refractivity contribution is -0.384. The summed E-state index contributed by atoms with van der Waals surface area (Å²) in [7, 11) is -7.17. The number of halogens is 10. The number of nitrogens with zero attached hydrogens (tertiary/aromatic N) is 1. The van der Waals surface area contributed by atoms with Gasteiger partial charge in [-0.1, -0.05) is 18.2 Å². The number of hydrogen-bond donors (Lipinski definition) is 1. The van der Waals surface area contributed by atoms with Gasteiger partial charge >= 0.3 is 33.4 Å². The third-order valence-corrected chi connectivity index (χ3v) is 5.55. The highest BCUT2D eigenvalue weighted by Gasteiger charge is 2.85. The molecule has 2 rings (SSSR count). The summed E-state index contributed by atoms with van der Waals surface area (Å²) in [5.41, 5.74) is 2.21. The average molecular weight is 625 g/mol. The van der Waals surface area contributed by atoms with Crippen molar-refractivity contribution in [3.05, 3.63) is 62.2 Å². The van der Waals surface area contributed by atoms with Crippen LogP contribution in [0.5, 0.6) is 0 Å². The van der Waals surface area contributed by atoms with E-state index in [1.165, 1.54) is 12.1 Å². The highest BCUT2D eigenvalue weighted by Crippen LogP contribution is 2.54. The molecule has 0 radical (unpaired) electrons. The topological polar surface area (TPSA) is 97.5 Å². The van der Waals surface area contributed by atoms with Crippen LogP contribution in [-0.4, -0.2) is 41.2 Å². The fraction of sp³-hybridized carbons (Fsp3) is 0.250. The minimum absolute atomic E-state index is 0.120. The van der Waals surface area contributed by atoms with Gasteiger partial charge in [0.1, 0.15) is 0 Å². The number of hydrogen-bond acceptors (Lipinski definition) is 4. The van der Waals surface area contributed by atoms with Gasteiger partial charge in [0.15, 0.2) is 0 Å². The number of alkyl halides is 9. The van der Waals surface area contributed by atoms with Gasteiger partial charge in [0.2, 0.25) is 0 Å². The molecule has 0 aliphatic carbocycles. The first-order chi connectivity index (χ1) is 14.7. The maximum absolute atomic E-state index is 12.2. The summed E-state index contributed by atoms with van der Waals surface area (Å²) in [4.78, 5) is 10.1. The molecule has 0 aliphatic heterocycles. The van der Waals surface area contributed by atoms with Gasteiger partial charge in [0.25, 0.3) is 5.69 Å². The Morgan fingerprint density at radius 3 is 1.64 bits per heavy atom. The normalized spacial score (nSPS) is 13.2. The Kier molecular flexibility index (Phi) is 8.41. The third kappa shape index (κ3) is 5.86. The number of benzene rings is 2. The summed E-state index contributed by atoms with van der Waals surface area (Å²) in [6.07, 6.45) is -7.13. The first-order valence-corrected chi connectivity index (χ1v) is 10.4. The van der Waals surface area contributed by atoms with Gasteiger partial charge in [-0.3, -0.25) is 14.7 Å². The molecule has 17 heteroatoms. The zero-order valence-electron chi connectivity index (χ0n) is 15.3. The van der Waals surface area contributed by atoms with Crippen LogP contribution >= 0.6 is 22.6 Å². The van der Waals surface area contributed by atoms with Crippen LogP contribution in [0.1, 0.15) is 0 Å². The lowest BCUT2D eigenvalue weighted by Crippen LogP contribution is -2.63. The molecule has 0 amide bonds. The fourth-order valence-electron chi connectivity index (χ4n) is 1.98. The van der Waals surface area contributed by atoms with Gasteiger partial charge < -0.3 is 0 Å². The molecule has 0 atom stereocenters. The molecule has 184 valence electrons. The van der Waals surface area contributed by atoms with Gasteiger partial charge in [-0.15, -0.1) is 0 Å². The monoisotopic (exact) mass is 625 g/mol. The van der Waals surface area contributed by atoms with E-state index in [0.29, 0.717) is 0 Å². The van der Waals surface area contributed by atoms with Crippen LogP contribution in [0.3, 0.4) is 0 Å². The van der Waals surface area contributed by atoms with Crippen molar-refractivity contribution in [3.8, 4) is 11.1 Å². The van der Waals surface area contributed by atoms with Crippen molar-refractivity contribution in [1.82, 2.24) is 0 Å². The average Bonchev–Trinajstić information content (AvgIpc) is 2.67. The Morgan fingerprint density at radius 2 is 1.27 bits per heavy atom. The van der Waals surface area contributed by atoms with Crippen molar-refractivity contribution < 1.29 is 57.4 Å². The molecule has 0 heterocycles. The van der Waals surface area contributed by atoms with Crippen molar-refractivity contribution in [1.29, 1.82) is 0 Å². The van der Waals surface area contributed by atoms with E-state index in [9.17, 15) is 58.0 Å². The molecular weight excluding hydrogens is 616 g/mol. The van der Waals surface area contributed by atoms with E-state index in [4.69, 9.17) is 4.55 Å². The molecule has 0 saturated carbocycles. The number of rotatable bonds is 5. The van der Waals surface area contributed by atoms with Gasteiger partial charge in [0, 0.05) is 15.7 Å². The zero-order chi connectivity index (χ0) is 26.0. The lowest BCUT2D eigenvalue weighted by atomic mass is 10.1. The molecule has 2 aromatic rings. The van der Waals surface area contributed by atoms with Crippen molar-refractivity contribution in [2.45, 2.75) is 23.3 Å². The van der Waals surface area contributed by atoms with Crippen molar-refractivity contribution in [2.24, 2.45) is 0 Å². The molecule has 33 heavy (non-hydrogen) atoms. The van der Waals surface area contributed by atoms with Crippen LogP contribution < -0.4 is 0 Å². The minimum Gasteiger partial charge on any atom is -0.281 e. The van der Waals surface area contributed by atoms with Crippen LogP contribution in [0, 0.1) is 13.7 Å². The van der Waals surface area contributed by atoms with Crippen molar-refractivity contribution in [2.75, 3.05) is 0 Å². The van der Waals surface area contributed by atoms with E-state index < -0.39 is 33.4 Å². The Hall–Kier alpha value is -2.15. The molecule has 6 nitrogen and oxygen atoms in total. The molecule has 0 unspecified atom stereocenters. The summed E-state index contributed by atoms with van der Waals surface area (Å²) < 4.78 is 135. The van der Waals surface area contributed by atoms with Crippen molar-refractivity contribution >= 4 is 38.4 Å². The molecule has 0 aliphatic rings. The summed E-state index contributed by atoms with van der Waals surface area (Å²) in [5.74, 6) is -14.7. The van der Waals surface area contributed by atoms with E-state index in [0.717, 1.165) is 14.7 Å². The summed E-state index contributed by atoms with van der Waals surface area (Å²) in [6.45, 7) is 0. The highest BCUT2D eigenvalue weighted by molar-refractivity contribution is 14.1. The Labute approximate surface area is 192 Å². The van der Waals surface area contributed by atoms with E-state index in [1.807, 2.05) is 24.3 Å². The predicted molar refractivity (Wildman–Crippen MR) is 104 cm³/mol. The van der Waals surface area contributed by atoms with E-state index in [2.05, 4.69) is 22.6 Å². The first kappa shape index (κ1) is 28.9. The summed E-state index contributed by atoms with van der Waals surface area (Å²) >= 11 is 2.25. The zero-order valence-corrected chi connectivity index (χ0v) is 18.3. The van der Waals surface area contributed by atoms with E-state index in [-0.39, 0.29) is 10.6 Å². The largest absolute Gasteiger partial charge is 0.460 e. The number of nitro benzene ring substituents is 1. The van der Waals surface area contributed by atoms with Crippen LogP contribution in [0.25, 0.3) is 11.1 Å². The Morgan fingerprint density at radius 1 is 0.818 bits per heavy atom. The summed E-state index contributed by atoms with van der Waals surface area (Å²) in [5, 5.41) is 3.52. The van der Waals surface area contributed by atoms with Crippen LogP contribution in [-0.2, 0) is 10.1 Å². The van der Waals surface area contributed by atoms with Gasteiger partial charge in [-0.05, 0) is 51.9 Å². The maximum atomic E-state index is 12.2. The van der Waals surface area contributed by atoms with Crippen molar-refractivity contribution in [3.63, 3.8) is 0 Å². The Bertz CT molecular complexity index is 1110. The molecule has 0 fully saturated rings. The van der Waals surface area contributed by atoms with Crippen LogP contribution in [0.15, 0.2) is 48.5 Å². The molecule has 1 N–H and O–H groups in total. The molecule has 0 saturated heterocycles. The predicted octanol–water partition coefficient (Wildman–Crippen LogP) is 6.17. The molecule has 0 bridgehead atoms. The minimum atomic E-state index is -7.37. The number of nitro groups is 1. The number of non-ortho nitro benzene ring substituents is 1. The van der Waals surface area contributed by atoms with E-state index >= 15 is 0 Å². The van der Waals surface area contributed by atoms with Gasteiger partial charge in [-0.25, -0.2) is 0 Å². The summed E-state index contributed by atoms with van der Waals surface area (Å²) in [6, 6.07) is 14.5. The third-order valence-electron chi connectivity index (χ3n) is 3.70. The van der Waals surface area contributed by atoms with Gasteiger partial charge in [-0.2, -0.15) is 47.9 Å². The molecular formula is C16H9F9INO5S. The van der Waals surface area contributed by atoms with Gasteiger partial charge in [0.05, 0.1) is 4.92 Å².